The van der Waals surface area contributed by atoms with Gasteiger partial charge in [0.15, 0.2) is 12.6 Å². The Morgan fingerprint density at radius 3 is 2.05 bits per heavy atom. The van der Waals surface area contributed by atoms with E-state index in [2.05, 4.69) is 40.7 Å². The topological polar surface area (TPSA) is 236 Å². The Morgan fingerprint density at radius 1 is 0.857 bits per heavy atom. The molecule has 0 amide bonds. The van der Waals surface area contributed by atoms with Crippen LogP contribution in [0.15, 0.2) is 23.3 Å². The largest absolute Gasteiger partial charge is 0.394 e. The van der Waals surface area contributed by atoms with Gasteiger partial charge in [-0.1, -0.05) is 57.9 Å². The highest BCUT2D eigenvalue weighted by atomic mass is 16.7. The van der Waals surface area contributed by atoms with Crippen LogP contribution in [0, 0.1) is 39.4 Å². The van der Waals surface area contributed by atoms with Gasteiger partial charge in [-0.3, -0.25) is 4.79 Å². The van der Waals surface area contributed by atoms with Gasteiger partial charge < -0.3 is 64.9 Å². The number of hydrogen-bond donors (Lipinski definition) is 9. The number of carbonyl (C=O) groups is 1. The average Bonchev–Trinajstić information content (AvgIpc) is 3.42. The number of rotatable bonds is 11. The van der Waals surface area contributed by atoms with Crippen LogP contribution in [-0.2, 0) is 23.7 Å². The lowest BCUT2D eigenvalue weighted by molar-refractivity contribution is -0.319. The lowest BCUT2D eigenvalue weighted by atomic mass is 9.38. The van der Waals surface area contributed by atoms with E-state index in [4.69, 9.17) is 18.9 Å². The molecule has 56 heavy (non-hydrogen) atoms. The molecule has 0 aromatic rings. The summed E-state index contributed by atoms with van der Waals surface area (Å²) in [5, 5.41) is 93.1. The van der Waals surface area contributed by atoms with Crippen molar-refractivity contribution < 1.29 is 69.7 Å². The van der Waals surface area contributed by atoms with Crippen molar-refractivity contribution in [2.75, 3.05) is 19.8 Å². The maximum Gasteiger partial charge on any atom is 0.187 e. The normalized spacial score (nSPS) is 49.0. The molecule has 6 rings (SSSR count). The monoisotopic (exact) mass is 796 g/mol. The molecule has 0 unspecified atom stereocenters. The Hall–Kier alpha value is -1.37. The Kier molecular flexibility index (Phi) is 12.6. The zero-order valence-electron chi connectivity index (χ0n) is 34.1. The third kappa shape index (κ3) is 7.09. The summed E-state index contributed by atoms with van der Waals surface area (Å²) in [7, 11) is 0. The summed E-state index contributed by atoms with van der Waals surface area (Å²) in [4.78, 5) is 14.8. The van der Waals surface area contributed by atoms with E-state index in [0.717, 1.165) is 24.0 Å². The van der Waals surface area contributed by atoms with Gasteiger partial charge in [0, 0.05) is 17.3 Å². The maximum atomic E-state index is 14.8. The molecule has 9 N–H and O–H groups in total. The molecule has 14 heteroatoms. The fourth-order valence-corrected chi connectivity index (χ4v) is 12.2. The highest BCUT2D eigenvalue weighted by Gasteiger charge is 2.71. The van der Waals surface area contributed by atoms with Crippen molar-refractivity contribution in [2.45, 2.75) is 173 Å². The third-order valence-corrected chi connectivity index (χ3v) is 16.0. The first kappa shape index (κ1) is 44.2. The molecule has 0 aromatic heterocycles. The molecule has 2 heterocycles. The number of ether oxygens (including phenoxy) is 4. The van der Waals surface area contributed by atoms with Crippen molar-refractivity contribution in [2.24, 2.45) is 39.4 Å². The minimum Gasteiger partial charge on any atom is -0.394 e. The van der Waals surface area contributed by atoms with Gasteiger partial charge in [-0.05, 0) is 87.4 Å². The van der Waals surface area contributed by atoms with Crippen LogP contribution in [-0.4, -0.2) is 145 Å². The molecule has 5 fully saturated rings. The number of aliphatic hydroxyl groups is 9. The van der Waals surface area contributed by atoms with Crippen molar-refractivity contribution in [3.63, 3.8) is 0 Å². The Morgan fingerprint density at radius 2 is 1.45 bits per heavy atom. The second-order valence-corrected chi connectivity index (χ2v) is 19.4. The number of ketones is 1. The van der Waals surface area contributed by atoms with Crippen LogP contribution in [0.2, 0.25) is 0 Å². The number of aliphatic hydroxyl groups excluding tert-OH is 8. The Bertz CT molecular complexity index is 1490. The highest BCUT2D eigenvalue weighted by molar-refractivity contribution is 5.88. The van der Waals surface area contributed by atoms with Crippen LogP contribution in [0.1, 0.15) is 99.8 Å². The standard InChI is InChI=1S/C42H68O14/c1-21(20-53-36-34(50)32(48)30(46)24(18-43)54-36)9-8-15-41(6,52)26-14-16-39(4)27-12-10-22-23(42(27,7)28(45)17-40(26,39)5)11-13-29(38(22,2)3)56-37-35(51)33(49)31(47)25(19-44)55-37/h9-10,23-27,29-37,43-44,46-52H,8,11-20H2,1-7H3/b21-9+/t23-,24-,25-,26+,27+,29+,30-,31-,32+,33+,34-,35-,36-,37+,39+,40-,41+,42+/m1/s1. The van der Waals surface area contributed by atoms with Crippen LogP contribution in [0.3, 0.4) is 0 Å². The Balaban J connectivity index is 1.13. The van der Waals surface area contributed by atoms with E-state index < -0.39 is 103 Å². The van der Waals surface area contributed by atoms with Crippen molar-refractivity contribution in [3.05, 3.63) is 23.3 Å². The molecular formula is C42H68O14. The lowest BCUT2D eigenvalue weighted by Gasteiger charge is -2.65. The number of Topliss-reactive ketones (excluding diaryl/α,β-unsaturated/α-hetero) is 1. The number of hydrogen-bond acceptors (Lipinski definition) is 14. The van der Waals surface area contributed by atoms with Crippen molar-refractivity contribution in [1.29, 1.82) is 0 Å². The first-order chi connectivity index (χ1) is 26.1. The molecular weight excluding hydrogens is 728 g/mol. The molecule has 6 aliphatic rings. The summed E-state index contributed by atoms with van der Waals surface area (Å²) < 4.78 is 23.2. The number of carbonyl (C=O) groups excluding carboxylic acids is 1. The summed E-state index contributed by atoms with van der Waals surface area (Å²) in [6.45, 7) is 13.6. The summed E-state index contributed by atoms with van der Waals surface area (Å²) >= 11 is 0. The van der Waals surface area contributed by atoms with Gasteiger partial charge in [-0.15, -0.1) is 0 Å². The van der Waals surface area contributed by atoms with Crippen molar-refractivity contribution >= 4 is 5.78 Å². The fourth-order valence-electron chi connectivity index (χ4n) is 12.2. The van der Waals surface area contributed by atoms with Crippen LogP contribution in [0.25, 0.3) is 0 Å². The molecule has 2 aliphatic heterocycles. The van der Waals surface area contributed by atoms with Gasteiger partial charge in [0.25, 0.3) is 0 Å². The lowest BCUT2D eigenvalue weighted by Crippen LogP contribution is -2.64. The zero-order valence-corrected chi connectivity index (χ0v) is 34.1. The van der Waals surface area contributed by atoms with Gasteiger partial charge in [0.2, 0.25) is 0 Å². The second-order valence-electron chi connectivity index (χ2n) is 19.4. The first-order valence-corrected chi connectivity index (χ1v) is 20.6. The molecule has 2 saturated heterocycles. The molecule has 320 valence electrons. The van der Waals surface area contributed by atoms with E-state index in [0.29, 0.717) is 38.5 Å². The average molecular weight is 797 g/mol. The second kappa shape index (κ2) is 15.9. The van der Waals surface area contributed by atoms with Crippen LogP contribution in [0.4, 0.5) is 0 Å². The summed E-state index contributed by atoms with van der Waals surface area (Å²) in [5.41, 5.74) is -0.900. The predicted molar refractivity (Wildman–Crippen MR) is 201 cm³/mol. The number of allylic oxidation sites excluding steroid dienone is 2. The van der Waals surface area contributed by atoms with Crippen molar-refractivity contribution in [1.82, 2.24) is 0 Å². The van der Waals surface area contributed by atoms with E-state index in [9.17, 15) is 50.8 Å². The van der Waals surface area contributed by atoms with E-state index in [-0.39, 0.29) is 35.6 Å². The Labute approximate surface area is 330 Å². The SMILES string of the molecule is C/C(=C\CC[C@](C)(O)[C@H]1CC[C@@]2(C)[C@@H]3CC=C4[C@@H](CC[C@H](O[C@@H]5O[C@H](CO)[C@@H](O)[C@H](O)[C@H]5O)C4(C)C)[C@]3(C)C(=O)C[C@]12C)CO[C@@H]1O[C@H](CO)[C@@H](O)[C@H](O)[C@H]1O. The molecule has 3 saturated carbocycles. The van der Waals surface area contributed by atoms with E-state index in [1.165, 1.54) is 0 Å². The summed E-state index contributed by atoms with van der Waals surface area (Å²) in [6.07, 6.45) is -4.62. The maximum absolute atomic E-state index is 14.8. The molecule has 18 atom stereocenters. The minimum atomic E-state index is -1.53. The zero-order chi connectivity index (χ0) is 41.3. The highest BCUT2D eigenvalue weighted by Crippen LogP contribution is 2.74. The van der Waals surface area contributed by atoms with Crippen LogP contribution in [0.5, 0.6) is 0 Å². The molecule has 0 bridgehead atoms. The fraction of sp³-hybridized carbons (Fsp3) is 0.881. The van der Waals surface area contributed by atoms with Crippen LogP contribution >= 0.6 is 0 Å². The van der Waals surface area contributed by atoms with Gasteiger partial charge in [-0.25, -0.2) is 0 Å². The molecule has 0 spiro atoms. The molecule has 0 radical (unpaired) electrons. The van der Waals surface area contributed by atoms with Gasteiger partial charge in [-0.2, -0.15) is 0 Å². The smallest absolute Gasteiger partial charge is 0.187 e. The van der Waals surface area contributed by atoms with Gasteiger partial charge in [0.1, 0.15) is 54.6 Å². The molecule has 4 aliphatic carbocycles. The van der Waals surface area contributed by atoms with Crippen LogP contribution < -0.4 is 0 Å². The predicted octanol–water partition coefficient (Wildman–Crippen LogP) is 1.25. The quantitative estimate of drug-likeness (QED) is 0.134. The summed E-state index contributed by atoms with van der Waals surface area (Å²) in [6, 6.07) is 0. The molecule has 0 aromatic carbocycles. The van der Waals surface area contributed by atoms with E-state index >= 15 is 0 Å². The molecule has 14 nitrogen and oxygen atoms in total. The third-order valence-electron chi connectivity index (χ3n) is 16.0. The first-order valence-electron chi connectivity index (χ1n) is 20.6. The minimum absolute atomic E-state index is 0.0161. The summed E-state index contributed by atoms with van der Waals surface area (Å²) in [5.74, 6) is 0.164. The number of fused-ring (bicyclic) bond motifs is 5. The van der Waals surface area contributed by atoms with E-state index in [1.807, 2.05) is 19.9 Å². The van der Waals surface area contributed by atoms with E-state index in [1.54, 1.807) is 0 Å². The van der Waals surface area contributed by atoms with Gasteiger partial charge >= 0.3 is 0 Å². The van der Waals surface area contributed by atoms with Gasteiger partial charge in [0.05, 0.1) is 31.5 Å². The van der Waals surface area contributed by atoms with Crippen molar-refractivity contribution in [3.8, 4) is 0 Å².